The number of sulfonamides is 1. The highest BCUT2D eigenvalue weighted by molar-refractivity contribution is 7.89. The minimum atomic E-state index is -3.29. The smallest absolute Gasteiger partial charge is 0.237 e. The summed E-state index contributed by atoms with van der Waals surface area (Å²) in [4.78, 5) is 12.1. The third kappa shape index (κ3) is 4.52. The maximum absolute atomic E-state index is 12.1. The second-order valence-corrected chi connectivity index (χ2v) is 6.94. The molecule has 0 aliphatic carbocycles. The molecule has 0 saturated carbocycles. The van der Waals surface area contributed by atoms with Gasteiger partial charge in [0.2, 0.25) is 15.9 Å². The Morgan fingerprint density at radius 3 is 2.76 bits per heavy atom. The summed E-state index contributed by atoms with van der Waals surface area (Å²) in [6, 6.07) is 7.70. The highest BCUT2D eigenvalue weighted by atomic mass is 32.2. The number of carbonyl (C=O) groups is 1. The third-order valence-corrected chi connectivity index (χ3v) is 4.90. The first-order valence-corrected chi connectivity index (χ1v) is 8.72. The number of nitrogens with one attached hydrogen (secondary N) is 3. The minimum absolute atomic E-state index is 0.101. The maximum Gasteiger partial charge on any atom is 0.237 e. The zero-order valence-corrected chi connectivity index (χ0v) is 12.9. The van der Waals surface area contributed by atoms with E-state index in [0.29, 0.717) is 19.5 Å². The topological polar surface area (TPSA) is 87.3 Å². The molecular formula is C14H21N3O3S. The van der Waals surface area contributed by atoms with Crippen LogP contribution in [0.2, 0.25) is 0 Å². The van der Waals surface area contributed by atoms with E-state index >= 15 is 0 Å². The Morgan fingerprint density at radius 1 is 1.33 bits per heavy atom. The van der Waals surface area contributed by atoms with Gasteiger partial charge in [0.15, 0.2) is 0 Å². The number of rotatable bonds is 6. The third-order valence-electron chi connectivity index (χ3n) is 3.43. The molecule has 1 aliphatic rings. The quantitative estimate of drug-likeness (QED) is 0.676. The van der Waals surface area contributed by atoms with Crippen LogP contribution >= 0.6 is 0 Å². The molecule has 1 aliphatic heterocycles. The summed E-state index contributed by atoms with van der Waals surface area (Å²) in [5.74, 6) is -0.258. The normalized spacial score (nSPS) is 18.0. The molecule has 1 amide bonds. The zero-order valence-electron chi connectivity index (χ0n) is 12.1. The Bertz CT molecular complexity index is 601. The number of hydrogen-bond acceptors (Lipinski definition) is 4. The first-order chi connectivity index (χ1) is 10.0. The van der Waals surface area contributed by atoms with Gasteiger partial charge in [0.25, 0.3) is 0 Å². The van der Waals surface area contributed by atoms with Crippen molar-refractivity contribution in [1.82, 2.24) is 15.4 Å². The average molecular weight is 311 g/mol. The summed E-state index contributed by atoms with van der Waals surface area (Å²) in [7, 11) is -3.29. The standard InChI is InChI=1S/C14H21N3O3S/c1-2-17-21(19,20)8-7-15-14(18)13-9-11-5-3-4-6-12(11)10-16-13/h3-6,13,16-17H,2,7-10H2,1H3,(H,15,18)/t13-/m0/s1. The Morgan fingerprint density at radius 2 is 2.05 bits per heavy atom. The lowest BCUT2D eigenvalue weighted by Crippen LogP contribution is -2.48. The fourth-order valence-corrected chi connectivity index (χ4v) is 3.32. The van der Waals surface area contributed by atoms with Gasteiger partial charge < -0.3 is 10.6 Å². The van der Waals surface area contributed by atoms with Crippen molar-refractivity contribution in [3.8, 4) is 0 Å². The number of amides is 1. The molecule has 0 unspecified atom stereocenters. The Kier molecular flexibility index (Phi) is 5.33. The lowest BCUT2D eigenvalue weighted by Gasteiger charge is -2.25. The van der Waals surface area contributed by atoms with Crippen molar-refractivity contribution < 1.29 is 13.2 Å². The lowest BCUT2D eigenvalue weighted by molar-refractivity contribution is -0.123. The molecule has 0 spiro atoms. The van der Waals surface area contributed by atoms with Crippen molar-refractivity contribution in [2.45, 2.75) is 25.9 Å². The molecule has 21 heavy (non-hydrogen) atoms. The van der Waals surface area contributed by atoms with E-state index in [1.165, 1.54) is 5.56 Å². The van der Waals surface area contributed by atoms with Crippen LogP contribution in [0.3, 0.4) is 0 Å². The van der Waals surface area contributed by atoms with Crippen LogP contribution in [0.5, 0.6) is 0 Å². The van der Waals surface area contributed by atoms with Crippen LogP contribution in [0.15, 0.2) is 24.3 Å². The van der Waals surface area contributed by atoms with Crippen LogP contribution < -0.4 is 15.4 Å². The molecule has 7 heteroatoms. The average Bonchev–Trinajstić information content (AvgIpc) is 2.46. The maximum atomic E-state index is 12.1. The van der Waals surface area contributed by atoms with Gasteiger partial charge in [0, 0.05) is 19.6 Å². The van der Waals surface area contributed by atoms with E-state index in [-0.39, 0.29) is 24.2 Å². The highest BCUT2D eigenvalue weighted by Crippen LogP contribution is 2.16. The van der Waals surface area contributed by atoms with Gasteiger partial charge in [-0.3, -0.25) is 4.79 Å². The van der Waals surface area contributed by atoms with Gasteiger partial charge in [-0.25, -0.2) is 13.1 Å². The van der Waals surface area contributed by atoms with Gasteiger partial charge in [-0.05, 0) is 17.5 Å². The van der Waals surface area contributed by atoms with Gasteiger partial charge in [0.1, 0.15) is 0 Å². The van der Waals surface area contributed by atoms with Crippen LogP contribution in [-0.4, -0.2) is 39.2 Å². The molecule has 1 heterocycles. The molecular weight excluding hydrogens is 290 g/mol. The van der Waals surface area contributed by atoms with E-state index in [1.807, 2.05) is 24.3 Å². The Labute approximate surface area is 125 Å². The number of hydrogen-bond donors (Lipinski definition) is 3. The summed E-state index contributed by atoms with van der Waals surface area (Å²) in [6.45, 7) is 2.86. The zero-order chi connectivity index (χ0) is 15.3. The molecule has 0 aromatic heterocycles. The first-order valence-electron chi connectivity index (χ1n) is 7.07. The summed E-state index contributed by atoms with van der Waals surface area (Å²) in [6.07, 6.45) is 0.627. The number of benzene rings is 1. The molecule has 0 fully saturated rings. The van der Waals surface area contributed by atoms with Crippen molar-refractivity contribution in [2.24, 2.45) is 0 Å². The number of carbonyl (C=O) groups excluding carboxylic acids is 1. The highest BCUT2D eigenvalue weighted by Gasteiger charge is 2.23. The van der Waals surface area contributed by atoms with Gasteiger partial charge in [-0.2, -0.15) is 0 Å². The fraction of sp³-hybridized carbons (Fsp3) is 0.500. The first kappa shape index (κ1) is 15.9. The monoisotopic (exact) mass is 311 g/mol. The van der Waals surface area contributed by atoms with Gasteiger partial charge in [-0.1, -0.05) is 31.2 Å². The molecule has 0 saturated heterocycles. The van der Waals surface area contributed by atoms with Crippen LogP contribution in [-0.2, 0) is 27.8 Å². The second kappa shape index (κ2) is 7.02. The summed E-state index contributed by atoms with van der Waals surface area (Å²) >= 11 is 0. The van der Waals surface area contributed by atoms with E-state index in [0.717, 1.165) is 5.56 Å². The van der Waals surface area contributed by atoms with E-state index in [1.54, 1.807) is 6.92 Å². The van der Waals surface area contributed by atoms with Crippen molar-refractivity contribution in [2.75, 3.05) is 18.8 Å². The predicted molar refractivity (Wildman–Crippen MR) is 81.2 cm³/mol. The van der Waals surface area contributed by atoms with Crippen molar-refractivity contribution >= 4 is 15.9 Å². The predicted octanol–water partition coefficient (Wildman–Crippen LogP) is -0.244. The Hall–Kier alpha value is -1.44. The number of fused-ring (bicyclic) bond motifs is 1. The SMILES string of the molecule is CCNS(=O)(=O)CCNC(=O)[C@@H]1Cc2ccccc2CN1. The Balaban J connectivity index is 1.83. The summed E-state index contributed by atoms with van der Waals surface area (Å²) in [5.41, 5.74) is 2.37. The molecule has 1 atom stereocenters. The minimum Gasteiger partial charge on any atom is -0.354 e. The molecule has 2 rings (SSSR count). The van der Waals surface area contributed by atoms with E-state index < -0.39 is 10.0 Å². The summed E-state index contributed by atoms with van der Waals surface area (Å²) < 4.78 is 25.3. The van der Waals surface area contributed by atoms with Crippen LogP contribution in [0, 0.1) is 0 Å². The van der Waals surface area contributed by atoms with Crippen molar-refractivity contribution in [3.05, 3.63) is 35.4 Å². The molecule has 3 N–H and O–H groups in total. The summed E-state index contributed by atoms with van der Waals surface area (Å²) in [5, 5.41) is 5.85. The molecule has 116 valence electrons. The molecule has 0 radical (unpaired) electrons. The largest absolute Gasteiger partial charge is 0.354 e. The van der Waals surface area contributed by atoms with Crippen molar-refractivity contribution in [1.29, 1.82) is 0 Å². The molecule has 0 bridgehead atoms. The van der Waals surface area contributed by atoms with Crippen LogP contribution in [0.4, 0.5) is 0 Å². The lowest BCUT2D eigenvalue weighted by atomic mass is 9.95. The fourth-order valence-electron chi connectivity index (χ4n) is 2.36. The van der Waals surface area contributed by atoms with Gasteiger partial charge in [-0.15, -0.1) is 0 Å². The van der Waals surface area contributed by atoms with E-state index in [9.17, 15) is 13.2 Å². The van der Waals surface area contributed by atoms with E-state index in [2.05, 4.69) is 15.4 Å². The van der Waals surface area contributed by atoms with Crippen LogP contribution in [0.1, 0.15) is 18.1 Å². The molecule has 1 aromatic carbocycles. The molecule has 6 nitrogen and oxygen atoms in total. The van der Waals surface area contributed by atoms with Crippen LogP contribution in [0.25, 0.3) is 0 Å². The second-order valence-electron chi connectivity index (χ2n) is 5.01. The van der Waals surface area contributed by atoms with Gasteiger partial charge in [0.05, 0.1) is 11.8 Å². The van der Waals surface area contributed by atoms with E-state index in [4.69, 9.17) is 0 Å². The van der Waals surface area contributed by atoms with Gasteiger partial charge >= 0.3 is 0 Å². The van der Waals surface area contributed by atoms with Crippen molar-refractivity contribution in [3.63, 3.8) is 0 Å². The molecule has 1 aromatic rings.